The number of rotatable bonds is 9. The average molecular weight is 356 g/mol. The van der Waals surface area contributed by atoms with Crippen LogP contribution in [-0.4, -0.2) is 36.2 Å². The zero-order valence-corrected chi connectivity index (χ0v) is 14.9. The molecule has 0 spiro atoms. The number of nitrogens with zero attached hydrogens (tertiary/aromatic N) is 1. The molecular formula is C19H24N4O3. The number of benzene rings is 1. The van der Waals surface area contributed by atoms with E-state index in [2.05, 4.69) is 15.6 Å². The molecule has 0 fully saturated rings. The molecule has 1 aromatic carbocycles. The zero-order chi connectivity index (χ0) is 18.8. The van der Waals surface area contributed by atoms with Gasteiger partial charge < -0.3 is 20.4 Å². The number of para-hydroxylation sites is 1. The lowest BCUT2D eigenvalue weighted by molar-refractivity contribution is -0.123. The quantitative estimate of drug-likeness (QED) is 0.600. The molecule has 0 saturated carbocycles. The second-order valence-corrected chi connectivity index (χ2v) is 5.95. The van der Waals surface area contributed by atoms with E-state index in [1.54, 1.807) is 0 Å². The third-order valence-corrected chi connectivity index (χ3v) is 3.97. The van der Waals surface area contributed by atoms with Crippen LogP contribution < -0.4 is 10.6 Å². The second-order valence-electron chi connectivity index (χ2n) is 5.95. The lowest BCUT2D eigenvalue weighted by Gasteiger charge is -2.18. The molecule has 138 valence electrons. The van der Waals surface area contributed by atoms with E-state index in [4.69, 9.17) is 10.00 Å². The van der Waals surface area contributed by atoms with Crippen LogP contribution in [-0.2, 0) is 16.0 Å². The van der Waals surface area contributed by atoms with Crippen LogP contribution in [0.3, 0.4) is 0 Å². The molecule has 3 N–H and O–H groups in total. The van der Waals surface area contributed by atoms with Crippen LogP contribution in [0.25, 0.3) is 10.9 Å². The summed E-state index contributed by atoms with van der Waals surface area (Å²) in [7, 11) is 0. The van der Waals surface area contributed by atoms with Gasteiger partial charge in [0.1, 0.15) is 6.04 Å². The van der Waals surface area contributed by atoms with Crippen molar-refractivity contribution < 1.29 is 14.3 Å². The number of carbonyl (C=O) groups excluding carboxylic acids is 2. The Labute approximate surface area is 152 Å². The van der Waals surface area contributed by atoms with E-state index in [9.17, 15) is 9.59 Å². The summed E-state index contributed by atoms with van der Waals surface area (Å²) in [5, 5.41) is 14.9. The van der Waals surface area contributed by atoms with Crippen molar-refractivity contribution in [2.75, 3.05) is 13.2 Å². The van der Waals surface area contributed by atoms with E-state index in [-0.39, 0.29) is 18.9 Å². The van der Waals surface area contributed by atoms with E-state index in [1.807, 2.05) is 43.5 Å². The van der Waals surface area contributed by atoms with Crippen molar-refractivity contribution in [2.45, 2.75) is 38.6 Å². The number of unbranched alkanes of at least 4 members (excludes halogenated alkanes) is 1. The fraction of sp³-hybridized carbons (Fsp3) is 0.421. The summed E-state index contributed by atoms with van der Waals surface area (Å²) in [6.07, 6.45) is 3.45. The fourth-order valence-electron chi connectivity index (χ4n) is 2.59. The summed E-state index contributed by atoms with van der Waals surface area (Å²) in [4.78, 5) is 27.6. The van der Waals surface area contributed by atoms with Crippen LogP contribution in [0.15, 0.2) is 30.5 Å². The highest BCUT2D eigenvalue weighted by molar-refractivity contribution is 5.88. The summed E-state index contributed by atoms with van der Waals surface area (Å²) < 4.78 is 5.11. The molecule has 0 aliphatic carbocycles. The predicted octanol–water partition coefficient (Wildman–Crippen LogP) is 2.64. The molecule has 1 unspecified atom stereocenters. The minimum absolute atomic E-state index is 0.215. The van der Waals surface area contributed by atoms with Crippen LogP contribution in [0.4, 0.5) is 4.79 Å². The van der Waals surface area contributed by atoms with Gasteiger partial charge in [0.2, 0.25) is 5.91 Å². The van der Waals surface area contributed by atoms with Gasteiger partial charge in [0.25, 0.3) is 0 Å². The number of nitrogens with one attached hydrogen (secondary N) is 3. The average Bonchev–Trinajstić information content (AvgIpc) is 3.04. The van der Waals surface area contributed by atoms with Gasteiger partial charge in [0.05, 0.1) is 19.1 Å². The van der Waals surface area contributed by atoms with Gasteiger partial charge >= 0.3 is 6.09 Å². The van der Waals surface area contributed by atoms with Crippen molar-refractivity contribution in [3.63, 3.8) is 0 Å². The number of nitriles is 1. The number of carbonyl (C=O) groups is 2. The van der Waals surface area contributed by atoms with E-state index >= 15 is 0 Å². The number of ether oxygens (including phenoxy) is 1. The Balaban J connectivity index is 2.07. The Bertz CT molecular complexity index is 778. The van der Waals surface area contributed by atoms with Gasteiger partial charge in [-0.3, -0.25) is 4.79 Å². The van der Waals surface area contributed by atoms with E-state index in [1.165, 1.54) is 0 Å². The van der Waals surface area contributed by atoms with Crippen molar-refractivity contribution in [2.24, 2.45) is 0 Å². The van der Waals surface area contributed by atoms with Gasteiger partial charge in [-0.25, -0.2) is 4.79 Å². The number of aromatic nitrogens is 1. The summed E-state index contributed by atoms with van der Waals surface area (Å²) in [6.45, 7) is 2.56. The molecule has 0 bridgehead atoms. The first-order chi connectivity index (χ1) is 12.7. The number of amides is 2. The Morgan fingerprint density at radius 1 is 1.35 bits per heavy atom. The number of H-pyrrole nitrogens is 1. The highest BCUT2D eigenvalue weighted by atomic mass is 16.5. The highest BCUT2D eigenvalue weighted by Gasteiger charge is 2.23. The summed E-state index contributed by atoms with van der Waals surface area (Å²) in [6, 6.07) is 8.97. The number of alkyl carbamates (subject to hydrolysis) is 1. The molecule has 0 saturated heterocycles. The highest BCUT2D eigenvalue weighted by Crippen LogP contribution is 2.19. The predicted molar refractivity (Wildman–Crippen MR) is 98.4 cm³/mol. The molecule has 2 rings (SSSR count). The third-order valence-electron chi connectivity index (χ3n) is 3.97. The van der Waals surface area contributed by atoms with Crippen molar-refractivity contribution >= 4 is 22.9 Å². The SMILES string of the molecule is CCCCOC(=O)NC(Cc1c[nH]c2ccccc12)C(=O)NCCC#N. The maximum absolute atomic E-state index is 12.4. The zero-order valence-electron chi connectivity index (χ0n) is 14.9. The molecule has 2 aromatic rings. The van der Waals surface area contributed by atoms with Crippen LogP contribution in [0.1, 0.15) is 31.7 Å². The number of hydrogen-bond acceptors (Lipinski definition) is 4. The first kappa shape index (κ1) is 19.3. The normalized spacial score (nSPS) is 11.5. The lowest BCUT2D eigenvalue weighted by Crippen LogP contribution is -2.48. The minimum atomic E-state index is -0.776. The number of aromatic amines is 1. The largest absolute Gasteiger partial charge is 0.450 e. The van der Waals surface area contributed by atoms with Crippen LogP contribution >= 0.6 is 0 Å². The second kappa shape index (κ2) is 10.1. The third kappa shape index (κ3) is 5.52. The fourth-order valence-corrected chi connectivity index (χ4v) is 2.59. The number of hydrogen-bond donors (Lipinski definition) is 3. The van der Waals surface area contributed by atoms with Crippen LogP contribution in [0.5, 0.6) is 0 Å². The molecule has 26 heavy (non-hydrogen) atoms. The summed E-state index contributed by atoms with van der Waals surface area (Å²) >= 11 is 0. The molecule has 0 aliphatic heterocycles. The standard InChI is InChI=1S/C19H24N4O3/c1-2-3-11-26-19(25)23-17(18(24)21-10-6-9-20)12-14-13-22-16-8-5-4-7-15(14)16/h4-5,7-8,13,17,22H,2-3,6,10-12H2,1H3,(H,21,24)(H,23,25). The van der Waals surface area contributed by atoms with E-state index < -0.39 is 12.1 Å². The molecule has 0 aliphatic rings. The molecule has 7 heteroatoms. The molecule has 1 atom stereocenters. The number of fused-ring (bicyclic) bond motifs is 1. The monoisotopic (exact) mass is 356 g/mol. The van der Waals surface area contributed by atoms with Crippen molar-refractivity contribution in [1.82, 2.24) is 15.6 Å². The maximum atomic E-state index is 12.4. The van der Waals surface area contributed by atoms with Crippen molar-refractivity contribution in [3.05, 3.63) is 36.0 Å². The Morgan fingerprint density at radius 3 is 2.92 bits per heavy atom. The molecule has 1 heterocycles. The van der Waals surface area contributed by atoms with Crippen molar-refractivity contribution in [1.29, 1.82) is 5.26 Å². The minimum Gasteiger partial charge on any atom is -0.450 e. The molecule has 0 radical (unpaired) electrons. The smallest absolute Gasteiger partial charge is 0.407 e. The summed E-state index contributed by atoms with van der Waals surface area (Å²) in [5.74, 6) is -0.335. The first-order valence-electron chi connectivity index (χ1n) is 8.78. The molecule has 1 aromatic heterocycles. The maximum Gasteiger partial charge on any atom is 0.407 e. The van der Waals surface area contributed by atoms with Gasteiger partial charge in [-0.15, -0.1) is 0 Å². The van der Waals surface area contributed by atoms with Gasteiger partial charge in [0.15, 0.2) is 0 Å². The van der Waals surface area contributed by atoms with Gasteiger partial charge in [-0.05, 0) is 18.1 Å². The van der Waals surface area contributed by atoms with E-state index in [0.29, 0.717) is 13.0 Å². The lowest BCUT2D eigenvalue weighted by atomic mass is 10.0. The first-order valence-corrected chi connectivity index (χ1v) is 8.78. The van der Waals surface area contributed by atoms with Crippen LogP contribution in [0, 0.1) is 11.3 Å². The topological polar surface area (TPSA) is 107 Å². The van der Waals surface area contributed by atoms with Gasteiger partial charge in [0, 0.05) is 30.1 Å². The Hall–Kier alpha value is -3.01. The van der Waals surface area contributed by atoms with Gasteiger partial charge in [-0.1, -0.05) is 31.5 Å². The van der Waals surface area contributed by atoms with E-state index in [0.717, 1.165) is 29.3 Å². The van der Waals surface area contributed by atoms with Crippen molar-refractivity contribution in [3.8, 4) is 6.07 Å². The Kier molecular flexibility index (Phi) is 7.49. The molecular weight excluding hydrogens is 332 g/mol. The molecule has 2 amide bonds. The van der Waals surface area contributed by atoms with Crippen LogP contribution in [0.2, 0.25) is 0 Å². The molecule has 7 nitrogen and oxygen atoms in total. The summed E-state index contributed by atoms with van der Waals surface area (Å²) in [5.41, 5.74) is 1.89. The Morgan fingerprint density at radius 2 is 2.15 bits per heavy atom. The van der Waals surface area contributed by atoms with Gasteiger partial charge in [-0.2, -0.15) is 5.26 Å².